The van der Waals surface area contributed by atoms with Crippen LogP contribution in [0.5, 0.6) is 0 Å². The Morgan fingerprint density at radius 1 is 0.540 bits per heavy atom. The molecular weight excluding hydrogens is 1520 g/mol. The summed E-state index contributed by atoms with van der Waals surface area (Å²) in [6.45, 7) is -5.98. The third-order valence-electron chi connectivity index (χ3n) is 8.76. The third kappa shape index (κ3) is 15.4. The molecule has 0 heterocycles. The van der Waals surface area contributed by atoms with E-state index < -0.39 is 106 Å². The van der Waals surface area contributed by atoms with Gasteiger partial charge in [-0.25, -0.2) is 0 Å². The number of hydrogen-bond donors (Lipinski definition) is 14. The average molecular weight is 1570 g/mol. The van der Waals surface area contributed by atoms with Crippen molar-refractivity contribution in [2.24, 2.45) is 0 Å². The molecule has 0 aliphatic heterocycles. The van der Waals surface area contributed by atoms with Crippen molar-refractivity contribution in [3.63, 3.8) is 0 Å². The minimum Gasteiger partial charge on any atom is -0.395 e. The molecule has 0 aliphatic carbocycles. The number of aliphatic hydroxyl groups is 9. The quantitative estimate of drug-likeness (QED) is 0.0485. The second kappa shape index (κ2) is 28.5. The molecule has 2 rings (SSSR count). The van der Waals surface area contributed by atoms with Gasteiger partial charge in [0.2, 0.25) is 11.8 Å². The lowest BCUT2D eigenvalue weighted by Gasteiger charge is -2.29. The summed E-state index contributed by atoms with van der Waals surface area (Å²) in [5.74, 6) is -4.61. The molecule has 6 amide bonds. The van der Waals surface area contributed by atoms with Gasteiger partial charge in [-0.05, 0) is 136 Å². The molecule has 0 saturated heterocycles. The van der Waals surface area contributed by atoms with Crippen LogP contribution in [0.15, 0.2) is 0 Å². The standard InChI is InChI=1S/C35H45I6N7O15/c1-47(31-28(40)22(34(62)44-14(10-52)16(56)12-54)25(37)23(29(31)41)35(63)45-15(11-53)17(57)13-55)19(59)9-48(4-7-51)8-18(58)46-30-26(38)20(32(60)42-2-5-49)24(36)21(27(30)39)33(61)43-3-6-50/h14-17,49-57H,2-13H2,1H3,(H,42,60)(H,43,61)(H,44,62)(H,45,63)(H,46,58). The largest absolute Gasteiger partial charge is 0.395 e. The van der Waals surface area contributed by atoms with Crippen LogP contribution in [-0.2, 0) is 9.59 Å². The molecular formula is C35H45I6N7O15. The van der Waals surface area contributed by atoms with Gasteiger partial charge in [0.25, 0.3) is 23.6 Å². The van der Waals surface area contributed by atoms with E-state index in [2.05, 4.69) is 26.6 Å². The van der Waals surface area contributed by atoms with E-state index in [4.69, 9.17) is 0 Å². The Morgan fingerprint density at radius 3 is 1.29 bits per heavy atom. The normalized spacial score (nSPS) is 13.2. The summed E-state index contributed by atoms with van der Waals surface area (Å²) in [4.78, 5) is 84.4. The summed E-state index contributed by atoms with van der Waals surface area (Å²) in [7, 11) is 1.32. The van der Waals surface area contributed by atoms with E-state index in [9.17, 15) is 74.7 Å². The van der Waals surface area contributed by atoms with Crippen LogP contribution in [0.4, 0.5) is 11.4 Å². The van der Waals surface area contributed by atoms with Crippen LogP contribution in [-0.4, -0.2) is 197 Å². The maximum atomic E-state index is 14.1. The van der Waals surface area contributed by atoms with Crippen molar-refractivity contribution in [3.8, 4) is 0 Å². The minimum absolute atomic E-state index is 0.00108. The monoisotopic (exact) mass is 1560 g/mol. The molecule has 4 atom stereocenters. The molecule has 0 spiro atoms. The third-order valence-corrected chi connectivity index (χ3v) is 15.2. The number of anilines is 2. The smallest absolute Gasteiger partial charge is 0.253 e. The van der Waals surface area contributed by atoms with Crippen molar-refractivity contribution in [2.45, 2.75) is 24.3 Å². The zero-order valence-electron chi connectivity index (χ0n) is 32.9. The highest BCUT2D eigenvalue weighted by Crippen LogP contribution is 2.39. The SMILES string of the molecule is CN(C(=O)CN(CCO)CC(=O)Nc1c(I)c(C(=O)NCCO)c(I)c(C(=O)NCCO)c1I)c1c(I)c(C(=O)NC(CO)C(O)CO)c(I)c(C(=O)NC(CO)C(O)CO)c1I. The van der Waals surface area contributed by atoms with Crippen LogP contribution in [0.3, 0.4) is 0 Å². The van der Waals surface area contributed by atoms with Crippen molar-refractivity contribution < 1.29 is 74.7 Å². The second-order valence-electron chi connectivity index (χ2n) is 13.0. The Balaban J connectivity index is 2.66. The summed E-state index contributed by atoms with van der Waals surface area (Å²) in [6, 6.07) is -2.72. The number of likely N-dealkylation sites (N-methyl/N-ethyl adjacent to an activating group) is 1. The van der Waals surface area contributed by atoms with Gasteiger partial charge in [-0.3, -0.25) is 33.7 Å². The van der Waals surface area contributed by atoms with Crippen molar-refractivity contribution in [1.29, 1.82) is 0 Å². The number of halogens is 6. The molecule has 352 valence electrons. The van der Waals surface area contributed by atoms with Crippen LogP contribution < -0.4 is 31.5 Å². The Bertz CT molecular complexity index is 1900. The zero-order chi connectivity index (χ0) is 47.9. The summed E-state index contributed by atoms with van der Waals surface area (Å²) in [6.07, 6.45) is -3.17. The number of hydrogen-bond acceptors (Lipinski definition) is 16. The molecule has 4 unspecified atom stereocenters. The molecule has 0 aliphatic rings. The van der Waals surface area contributed by atoms with Gasteiger partial charge in [0.15, 0.2) is 0 Å². The molecule has 0 aromatic heterocycles. The molecule has 28 heteroatoms. The zero-order valence-corrected chi connectivity index (χ0v) is 45.9. The maximum absolute atomic E-state index is 14.1. The molecule has 22 nitrogen and oxygen atoms in total. The van der Waals surface area contributed by atoms with Gasteiger partial charge in [-0.1, -0.05) is 0 Å². The summed E-state index contributed by atoms with van der Waals surface area (Å²) in [5.41, 5.74) is -0.292. The number of rotatable bonds is 24. The van der Waals surface area contributed by atoms with Gasteiger partial charge >= 0.3 is 0 Å². The second-order valence-corrected chi connectivity index (χ2v) is 19.5. The number of carbonyl (C=O) groups excluding carboxylic acids is 6. The first-order valence-electron chi connectivity index (χ1n) is 18.2. The maximum Gasteiger partial charge on any atom is 0.253 e. The molecule has 2 aromatic carbocycles. The molecule has 0 saturated carbocycles. The fourth-order valence-corrected chi connectivity index (χ4v) is 14.7. The van der Waals surface area contributed by atoms with Gasteiger partial charge in [-0.2, -0.15) is 0 Å². The highest BCUT2D eigenvalue weighted by molar-refractivity contribution is 14.1. The Kier molecular flexibility index (Phi) is 26.4. The van der Waals surface area contributed by atoms with E-state index >= 15 is 0 Å². The Morgan fingerprint density at radius 2 is 0.937 bits per heavy atom. The lowest BCUT2D eigenvalue weighted by molar-refractivity contribution is -0.121. The van der Waals surface area contributed by atoms with Crippen molar-refractivity contribution in [3.05, 3.63) is 43.7 Å². The van der Waals surface area contributed by atoms with Crippen LogP contribution in [0, 0.1) is 21.4 Å². The van der Waals surface area contributed by atoms with Crippen molar-refractivity contribution >= 4 is 182 Å². The number of nitrogens with zero attached hydrogens (tertiary/aromatic N) is 2. The number of benzene rings is 2. The minimum atomic E-state index is -1.58. The Hall–Kier alpha value is -0.760. The van der Waals surface area contributed by atoms with E-state index in [-0.39, 0.29) is 87.9 Å². The molecule has 0 fully saturated rings. The predicted octanol–water partition coefficient (Wildman–Crippen LogP) is -2.46. The first-order chi connectivity index (χ1) is 29.7. The van der Waals surface area contributed by atoms with E-state index in [1.165, 1.54) is 11.9 Å². The average Bonchev–Trinajstić information content (AvgIpc) is 3.23. The van der Waals surface area contributed by atoms with Gasteiger partial charge in [0.05, 0.1) is 132 Å². The molecule has 14 N–H and O–H groups in total. The molecule has 0 radical (unpaired) electrons. The summed E-state index contributed by atoms with van der Waals surface area (Å²) >= 11 is 10.7. The van der Waals surface area contributed by atoms with Gasteiger partial charge in [0.1, 0.15) is 0 Å². The summed E-state index contributed by atoms with van der Waals surface area (Å²) < 4.78 is 0.915. The van der Waals surface area contributed by atoms with Crippen molar-refractivity contribution in [2.75, 3.05) is 96.2 Å². The number of carbonyl (C=O) groups is 6. The van der Waals surface area contributed by atoms with Gasteiger partial charge in [-0.15, -0.1) is 0 Å². The lowest BCUT2D eigenvalue weighted by atomic mass is 10.0. The first kappa shape index (κ1) is 58.4. The van der Waals surface area contributed by atoms with Crippen molar-refractivity contribution in [1.82, 2.24) is 26.2 Å². The first-order valence-corrected chi connectivity index (χ1v) is 24.7. The Labute approximate surface area is 442 Å². The highest BCUT2D eigenvalue weighted by atomic mass is 127. The van der Waals surface area contributed by atoms with Gasteiger partial charge < -0.3 is 77.4 Å². The van der Waals surface area contributed by atoms with Crippen LogP contribution in [0.25, 0.3) is 0 Å². The van der Waals surface area contributed by atoms with E-state index in [0.29, 0.717) is 0 Å². The predicted molar refractivity (Wildman–Crippen MR) is 276 cm³/mol. The summed E-state index contributed by atoms with van der Waals surface area (Å²) in [5, 5.41) is 100. The van der Waals surface area contributed by atoms with Crippen LogP contribution in [0.1, 0.15) is 41.4 Å². The van der Waals surface area contributed by atoms with Crippen LogP contribution >= 0.6 is 136 Å². The molecule has 63 heavy (non-hydrogen) atoms. The lowest BCUT2D eigenvalue weighted by Crippen LogP contribution is -2.49. The number of aliphatic hydroxyl groups excluding tert-OH is 9. The topological polar surface area (TPSA) is 351 Å². The molecule has 2 aromatic rings. The number of nitrogens with one attached hydrogen (secondary N) is 5. The fraction of sp³-hybridized carbons (Fsp3) is 0.486. The number of amides is 6. The van der Waals surface area contributed by atoms with Crippen LogP contribution in [0.2, 0.25) is 0 Å². The van der Waals surface area contributed by atoms with Gasteiger partial charge in [0, 0.05) is 33.8 Å². The van der Waals surface area contributed by atoms with E-state index in [0.717, 1.165) is 4.90 Å². The van der Waals surface area contributed by atoms with E-state index in [1.807, 2.05) is 67.8 Å². The fourth-order valence-electron chi connectivity index (χ4n) is 5.45. The highest BCUT2D eigenvalue weighted by Gasteiger charge is 2.35. The molecule has 0 bridgehead atoms. The van der Waals surface area contributed by atoms with E-state index in [1.54, 1.807) is 67.8 Å².